The van der Waals surface area contributed by atoms with Gasteiger partial charge in [0.1, 0.15) is 49.1 Å². The highest BCUT2D eigenvalue weighted by Crippen LogP contribution is 2.47. The first-order valence-electron chi connectivity index (χ1n) is 20.7. The first kappa shape index (κ1) is 54.5. The molecule has 0 spiro atoms. The number of nitrogens with zero attached hydrogens (tertiary/aromatic N) is 10. The zero-order chi connectivity index (χ0) is 55.6. The molecule has 0 bridgehead atoms. The van der Waals surface area contributed by atoms with Crippen LogP contribution in [0.1, 0.15) is 23.1 Å². The SMILES string of the molecule is COc1c(S(=O)(=O)O)cc2nc(N=Nc3cc(OCCCS(=O)(=O)O)c(N=Nc4c(S(=O)(=O)O)cc5cc(S(=O)(=O)O)c(N=Nc6c(C)c(C#N)c7nc8ccccc8n7c6O)cc5c4O)cc3C)sc2c1S(=O)(=O)O. The molecule has 3 heterocycles. The molecule has 0 aliphatic heterocycles. The van der Waals surface area contributed by atoms with Gasteiger partial charge >= 0.3 is 0 Å². The molecule has 5 aromatic carbocycles. The number of azo groups is 3. The molecule has 0 amide bonds. The summed E-state index contributed by atoms with van der Waals surface area (Å²) in [4.78, 5) is 4.17. The number of rotatable bonds is 16. The topological polar surface area (TPSA) is 459 Å². The predicted octanol–water partition coefficient (Wildman–Crippen LogP) is 8.05. The maximum absolute atomic E-state index is 12.8. The van der Waals surface area contributed by atoms with Crippen molar-refractivity contribution < 1.29 is 84.5 Å². The smallest absolute Gasteiger partial charge is 0.299 e. The molecule has 8 rings (SSSR count). The Labute approximate surface area is 431 Å². The van der Waals surface area contributed by atoms with Gasteiger partial charge in [0.15, 0.2) is 27.7 Å². The average Bonchev–Trinajstić information content (AvgIpc) is 3.93. The van der Waals surface area contributed by atoms with Crippen LogP contribution in [0.15, 0.2) is 111 Å². The van der Waals surface area contributed by atoms with E-state index < -0.39 is 122 Å². The van der Waals surface area contributed by atoms with Crippen molar-refractivity contribution in [2.75, 3.05) is 19.5 Å². The number of aryl methyl sites for hydroxylation is 1. The van der Waals surface area contributed by atoms with E-state index in [1.807, 2.05) is 6.07 Å². The third kappa shape index (κ3) is 10.7. The van der Waals surface area contributed by atoms with Crippen LogP contribution in [0, 0.1) is 25.2 Å². The molecular weight excluding hydrogens is 1130 g/mol. The summed E-state index contributed by atoms with van der Waals surface area (Å²) in [5.74, 6) is -3.69. The highest BCUT2D eigenvalue weighted by molar-refractivity contribution is 7.87. The second-order valence-electron chi connectivity index (χ2n) is 15.8. The number of nitriles is 1. The summed E-state index contributed by atoms with van der Waals surface area (Å²) in [6.45, 7) is 2.36. The molecule has 8 aromatic rings. The molecule has 0 aliphatic rings. The number of pyridine rings is 1. The molecule has 0 fully saturated rings. The van der Waals surface area contributed by atoms with Crippen LogP contribution in [0.3, 0.4) is 0 Å². The maximum Gasteiger partial charge on any atom is 0.299 e. The molecule has 7 N–H and O–H groups in total. The van der Waals surface area contributed by atoms with Crippen LogP contribution >= 0.6 is 11.3 Å². The molecule has 0 saturated heterocycles. The predicted molar refractivity (Wildman–Crippen MR) is 265 cm³/mol. The van der Waals surface area contributed by atoms with Gasteiger partial charge in [-0.1, -0.05) is 23.5 Å². The second kappa shape index (κ2) is 19.7. The highest BCUT2D eigenvalue weighted by atomic mass is 32.2. The van der Waals surface area contributed by atoms with E-state index in [1.165, 1.54) is 24.3 Å². The fourth-order valence-corrected chi connectivity index (χ4v) is 12.0. The molecule has 0 aliphatic carbocycles. The zero-order valence-corrected chi connectivity index (χ0v) is 43.2. The monoisotopic (exact) mass is 1160 g/mol. The third-order valence-corrected chi connectivity index (χ3v) is 16.3. The molecule has 0 saturated carbocycles. The molecule has 29 nitrogen and oxygen atoms in total. The van der Waals surface area contributed by atoms with Gasteiger partial charge in [0.05, 0.1) is 46.4 Å². The van der Waals surface area contributed by atoms with Crippen LogP contribution in [0.5, 0.6) is 23.1 Å². The summed E-state index contributed by atoms with van der Waals surface area (Å²) in [5, 5.41) is 55.9. The molecule has 0 radical (unpaired) electrons. The normalized spacial score (nSPS) is 13.1. The average molecular weight is 1160 g/mol. The molecule has 0 atom stereocenters. The number of aromatic hydroxyl groups is 2. The summed E-state index contributed by atoms with van der Waals surface area (Å²) in [7, 11) is -24.7. The quantitative estimate of drug-likeness (QED) is 0.0273. The number of phenolic OH excluding ortho intramolecular Hbond substituents is 1. The fourth-order valence-electron chi connectivity index (χ4n) is 7.50. The lowest BCUT2D eigenvalue weighted by Gasteiger charge is -2.13. The van der Waals surface area contributed by atoms with Crippen molar-refractivity contribution in [2.45, 2.75) is 39.9 Å². The first-order valence-corrected chi connectivity index (χ1v) is 28.9. The lowest BCUT2D eigenvalue weighted by Crippen LogP contribution is -2.08. The Kier molecular flexibility index (Phi) is 14.2. The number of para-hydroxylation sites is 2. The van der Waals surface area contributed by atoms with Crippen LogP contribution in [-0.4, -0.2) is 109 Å². The number of phenols is 1. The van der Waals surface area contributed by atoms with Gasteiger partial charge in [-0.05, 0) is 73.7 Å². The number of fused-ring (bicyclic) bond motifs is 5. The minimum absolute atomic E-state index is 0.0443. The van der Waals surface area contributed by atoms with E-state index in [0.29, 0.717) is 34.5 Å². The summed E-state index contributed by atoms with van der Waals surface area (Å²) in [6.07, 6.45) is -0.325. The summed E-state index contributed by atoms with van der Waals surface area (Å²) in [5.41, 5.74) is -1.86. The number of ether oxygens (including phenoxy) is 2. The van der Waals surface area contributed by atoms with E-state index in [2.05, 4.69) is 40.7 Å². The number of hydrogen-bond acceptors (Lipinski definition) is 24. The van der Waals surface area contributed by atoms with Gasteiger partial charge in [-0.25, -0.2) is 9.97 Å². The van der Waals surface area contributed by atoms with Gasteiger partial charge in [-0.15, -0.1) is 30.7 Å². The number of aromatic nitrogens is 3. The maximum atomic E-state index is 12.8. The molecular formula is C41H32N10O19S6. The molecule has 0 unspecified atom stereocenters. The van der Waals surface area contributed by atoms with Gasteiger partial charge in [0.25, 0.3) is 50.6 Å². The third-order valence-electron chi connectivity index (χ3n) is 10.9. The van der Waals surface area contributed by atoms with Gasteiger partial charge in [-0.3, -0.25) is 27.2 Å². The Bertz CT molecular complexity index is 4550. The van der Waals surface area contributed by atoms with Crippen molar-refractivity contribution in [3.63, 3.8) is 0 Å². The highest BCUT2D eigenvalue weighted by Gasteiger charge is 2.32. The van der Waals surface area contributed by atoms with Gasteiger partial charge < -0.3 is 19.7 Å². The summed E-state index contributed by atoms with van der Waals surface area (Å²) < 4.78 is 184. The van der Waals surface area contributed by atoms with E-state index in [4.69, 9.17) is 9.47 Å². The van der Waals surface area contributed by atoms with Crippen LogP contribution < -0.4 is 9.47 Å². The van der Waals surface area contributed by atoms with E-state index in [0.717, 1.165) is 25.3 Å². The fraction of sp³-hybridized carbons (Fsp3) is 0.146. The zero-order valence-electron chi connectivity index (χ0n) is 38.3. The van der Waals surface area contributed by atoms with Crippen LogP contribution in [0.2, 0.25) is 0 Å². The largest absolute Gasteiger partial charge is 0.505 e. The molecule has 76 heavy (non-hydrogen) atoms. The van der Waals surface area contributed by atoms with E-state index in [1.54, 1.807) is 24.3 Å². The van der Waals surface area contributed by atoms with Crippen molar-refractivity contribution in [1.29, 1.82) is 5.26 Å². The van der Waals surface area contributed by atoms with Crippen LogP contribution in [0.25, 0.3) is 37.7 Å². The van der Waals surface area contributed by atoms with Gasteiger partial charge in [0, 0.05) is 17.0 Å². The van der Waals surface area contributed by atoms with E-state index >= 15 is 0 Å². The van der Waals surface area contributed by atoms with Crippen molar-refractivity contribution in [2.24, 2.45) is 30.7 Å². The lowest BCUT2D eigenvalue weighted by atomic mass is 10.1. The standard InChI is InChI=1S/C41H32N10O19S6/c1-18-11-25(29(70-9-6-10-72(54,55)56)15-24(18)45-50-41-44-27-16-32(75(63,64)65)36(69-3)38(37(27)71-41)76(66,67)68)46-49-34-31(74(60,61)62)13-20-12-30(73(57,58)59)26(14-21(20)35(34)52)47-48-33-19(2)22(17-42)39-43-23-7-4-5-8-28(23)51(39)40(33)53/h4-5,7-8,11-16,52-53H,6,9-10H2,1-3H3,(H,54,55,56)(H,57,58,59)(H,60,61,62)(H,63,64,65)(H,66,67,68). The lowest BCUT2D eigenvalue weighted by molar-refractivity contribution is 0.317. The van der Waals surface area contributed by atoms with Crippen LogP contribution in [-0.2, 0) is 50.6 Å². The van der Waals surface area contributed by atoms with Gasteiger partial charge in [0.2, 0.25) is 11.0 Å². The Morgan fingerprint density at radius 1 is 0.697 bits per heavy atom. The van der Waals surface area contributed by atoms with E-state index in [-0.39, 0.29) is 66.9 Å². The summed E-state index contributed by atoms with van der Waals surface area (Å²) >= 11 is 0.487. The number of hydrogen-bond donors (Lipinski definition) is 7. The second-order valence-corrected chi connectivity index (χ2v) is 23.9. The minimum atomic E-state index is -5.40. The number of methoxy groups -OCH3 is 1. The minimum Gasteiger partial charge on any atom is -0.505 e. The molecule has 3 aromatic heterocycles. The summed E-state index contributed by atoms with van der Waals surface area (Å²) in [6, 6.07) is 13.8. The van der Waals surface area contributed by atoms with Gasteiger partial charge in [-0.2, -0.15) is 47.4 Å². The number of thiazole rings is 1. The number of imidazole rings is 1. The van der Waals surface area contributed by atoms with Crippen LogP contribution in [0.4, 0.5) is 33.6 Å². The Balaban J connectivity index is 1.24. The molecule has 35 heteroatoms. The Morgan fingerprint density at radius 3 is 1.96 bits per heavy atom. The Hall–Kier alpha value is -7.76. The van der Waals surface area contributed by atoms with Crippen molar-refractivity contribution >= 4 is 133 Å². The molecule has 396 valence electrons. The van der Waals surface area contributed by atoms with E-state index in [9.17, 15) is 80.3 Å². The van der Waals surface area contributed by atoms with Crippen molar-refractivity contribution in [1.82, 2.24) is 14.4 Å². The van der Waals surface area contributed by atoms with Crippen molar-refractivity contribution in [3.05, 3.63) is 77.4 Å². The van der Waals surface area contributed by atoms with Crippen molar-refractivity contribution in [3.8, 4) is 29.2 Å². The number of benzene rings is 5. The first-order chi connectivity index (χ1) is 35.4. The Morgan fingerprint density at radius 2 is 1.33 bits per heavy atom.